The quantitative estimate of drug-likeness (QED) is 0.720. The molecule has 1 unspecified atom stereocenters. The van der Waals surface area contributed by atoms with Crippen molar-refractivity contribution in [2.45, 2.75) is 63.8 Å². The number of rotatable bonds is 6. The molecule has 1 aliphatic heterocycles. The highest BCUT2D eigenvalue weighted by Gasteiger charge is 2.22. The van der Waals surface area contributed by atoms with Crippen molar-refractivity contribution in [3.05, 3.63) is 12.3 Å². The van der Waals surface area contributed by atoms with Crippen molar-refractivity contribution in [3.8, 4) is 0 Å². The zero-order valence-electron chi connectivity index (χ0n) is 13.7. The van der Waals surface area contributed by atoms with Gasteiger partial charge in [-0.3, -0.25) is 9.48 Å². The van der Waals surface area contributed by atoms with Crippen LogP contribution in [0.5, 0.6) is 0 Å². The van der Waals surface area contributed by atoms with E-state index in [0.717, 1.165) is 25.9 Å². The molecule has 2 rings (SSSR count). The van der Waals surface area contributed by atoms with Gasteiger partial charge in [0, 0.05) is 18.9 Å². The molecule has 132 valence electrons. The van der Waals surface area contributed by atoms with Crippen LogP contribution in [0.4, 0.5) is 5.82 Å². The maximum absolute atomic E-state index is 12.1. The number of hydrogen-bond donors (Lipinski definition) is 3. The summed E-state index contributed by atoms with van der Waals surface area (Å²) in [4.78, 5) is 12.1. The Hall–Kier alpha value is -1.15. The lowest BCUT2D eigenvalue weighted by Crippen LogP contribution is -2.39. The Kier molecular flexibility index (Phi) is 7.47. The van der Waals surface area contributed by atoms with Crippen LogP contribution in [0.25, 0.3) is 0 Å². The van der Waals surface area contributed by atoms with Crippen molar-refractivity contribution in [1.82, 2.24) is 9.78 Å². The maximum Gasteiger partial charge on any atom is 0.242 e. The van der Waals surface area contributed by atoms with Crippen LogP contribution < -0.4 is 11.1 Å². The number of carbonyl (C=O) groups is 1. The Morgan fingerprint density at radius 3 is 2.96 bits per heavy atom. The number of anilines is 1. The smallest absolute Gasteiger partial charge is 0.242 e. The SMILES string of the molecule is CC(C)(O)Cn1ccc(NC(=O)C(N)C[C@@H]2CCCCO2)n1.Cl. The van der Waals surface area contributed by atoms with Crippen LogP contribution in [0.2, 0.25) is 0 Å². The molecule has 1 aliphatic rings. The molecule has 1 aromatic heterocycles. The number of amides is 1. The second-order valence-electron chi connectivity index (χ2n) is 6.53. The first-order valence-corrected chi connectivity index (χ1v) is 7.77. The molecule has 0 aromatic carbocycles. The largest absolute Gasteiger partial charge is 0.389 e. The monoisotopic (exact) mass is 346 g/mol. The standard InChI is InChI=1S/C15H26N4O3.ClH/c1-15(2,21)10-19-7-6-13(18-19)17-14(20)12(16)9-11-5-3-4-8-22-11;/h6-7,11-12,21H,3-5,8-10,16H2,1-2H3,(H,17,18,20);1H/t11-,12?;/m0./s1. The Morgan fingerprint density at radius 1 is 1.61 bits per heavy atom. The van der Waals surface area contributed by atoms with Gasteiger partial charge in [-0.25, -0.2) is 0 Å². The third-order valence-electron chi connectivity index (χ3n) is 3.57. The molecule has 1 fully saturated rings. The summed E-state index contributed by atoms with van der Waals surface area (Å²) < 4.78 is 7.19. The third-order valence-corrected chi connectivity index (χ3v) is 3.57. The van der Waals surface area contributed by atoms with E-state index in [1.165, 1.54) is 0 Å². The average Bonchev–Trinajstić information content (AvgIpc) is 2.84. The van der Waals surface area contributed by atoms with E-state index in [-0.39, 0.29) is 24.4 Å². The van der Waals surface area contributed by atoms with Crippen molar-refractivity contribution in [2.24, 2.45) is 5.73 Å². The molecule has 4 N–H and O–H groups in total. The average molecular weight is 347 g/mol. The van der Waals surface area contributed by atoms with E-state index in [1.807, 2.05) is 0 Å². The van der Waals surface area contributed by atoms with Crippen molar-refractivity contribution < 1.29 is 14.6 Å². The second kappa shape index (κ2) is 8.63. The molecule has 8 heteroatoms. The van der Waals surface area contributed by atoms with Crippen LogP contribution in [-0.4, -0.2) is 45.1 Å². The number of halogens is 1. The van der Waals surface area contributed by atoms with E-state index in [1.54, 1.807) is 30.8 Å². The van der Waals surface area contributed by atoms with Gasteiger partial charge in [-0.15, -0.1) is 12.4 Å². The molecule has 1 aromatic rings. The topological polar surface area (TPSA) is 102 Å². The van der Waals surface area contributed by atoms with Crippen LogP contribution in [0.15, 0.2) is 12.3 Å². The van der Waals surface area contributed by atoms with Gasteiger partial charge in [-0.05, 0) is 39.5 Å². The number of hydrogen-bond acceptors (Lipinski definition) is 5. The summed E-state index contributed by atoms with van der Waals surface area (Å²) >= 11 is 0. The minimum atomic E-state index is -0.859. The Labute approximate surface area is 143 Å². The third kappa shape index (κ3) is 6.87. The van der Waals surface area contributed by atoms with Crippen molar-refractivity contribution in [2.75, 3.05) is 11.9 Å². The summed E-state index contributed by atoms with van der Waals surface area (Å²) in [6.45, 7) is 4.51. The molecule has 0 spiro atoms. The molecule has 1 saturated heterocycles. The van der Waals surface area contributed by atoms with Crippen LogP contribution in [0.1, 0.15) is 39.5 Å². The predicted octanol–water partition coefficient (Wildman–Crippen LogP) is 1.30. The van der Waals surface area contributed by atoms with Gasteiger partial charge in [-0.2, -0.15) is 5.10 Å². The van der Waals surface area contributed by atoms with Gasteiger partial charge < -0.3 is 20.9 Å². The molecule has 0 radical (unpaired) electrons. The first-order valence-electron chi connectivity index (χ1n) is 7.77. The van der Waals surface area contributed by atoms with Crippen molar-refractivity contribution >= 4 is 24.1 Å². The number of ether oxygens (including phenoxy) is 1. The minimum absolute atomic E-state index is 0. The van der Waals surface area contributed by atoms with Crippen molar-refractivity contribution in [3.63, 3.8) is 0 Å². The van der Waals surface area contributed by atoms with Gasteiger partial charge in [0.05, 0.1) is 24.3 Å². The Morgan fingerprint density at radius 2 is 2.35 bits per heavy atom. The first-order chi connectivity index (χ1) is 10.3. The second-order valence-corrected chi connectivity index (χ2v) is 6.53. The number of aliphatic hydroxyl groups is 1. The lowest BCUT2D eigenvalue weighted by atomic mass is 10.0. The first kappa shape index (κ1) is 19.9. The van der Waals surface area contributed by atoms with E-state index in [9.17, 15) is 9.90 Å². The highest BCUT2D eigenvalue weighted by atomic mass is 35.5. The lowest BCUT2D eigenvalue weighted by Gasteiger charge is -2.24. The van der Waals surface area contributed by atoms with Crippen molar-refractivity contribution in [1.29, 1.82) is 0 Å². The summed E-state index contributed by atoms with van der Waals surface area (Å²) in [6.07, 6.45) is 5.47. The molecular formula is C15H27ClN4O3. The zero-order valence-corrected chi connectivity index (χ0v) is 14.5. The van der Waals surface area contributed by atoms with Crippen LogP contribution >= 0.6 is 12.4 Å². The van der Waals surface area contributed by atoms with Gasteiger partial charge in [0.2, 0.25) is 5.91 Å². The number of aromatic nitrogens is 2. The van der Waals surface area contributed by atoms with Crippen LogP contribution in [0.3, 0.4) is 0 Å². The summed E-state index contributed by atoms with van der Waals surface area (Å²) in [5, 5.41) is 16.7. The number of nitrogens with zero attached hydrogens (tertiary/aromatic N) is 2. The highest BCUT2D eigenvalue weighted by molar-refractivity contribution is 5.93. The fourth-order valence-corrected chi connectivity index (χ4v) is 2.52. The minimum Gasteiger partial charge on any atom is -0.389 e. The fourth-order valence-electron chi connectivity index (χ4n) is 2.52. The van der Waals surface area contributed by atoms with E-state index in [4.69, 9.17) is 10.5 Å². The molecular weight excluding hydrogens is 320 g/mol. The predicted molar refractivity (Wildman–Crippen MR) is 90.6 cm³/mol. The Balaban J connectivity index is 0.00000264. The fraction of sp³-hybridized carbons (Fsp3) is 0.733. The molecule has 2 heterocycles. The summed E-state index contributed by atoms with van der Waals surface area (Å²) in [5.74, 6) is 0.178. The van der Waals surface area contributed by atoms with E-state index >= 15 is 0 Å². The molecule has 0 bridgehead atoms. The number of nitrogens with one attached hydrogen (secondary N) is 1. The van der Waals surface area contributed by atoms with Crippen LogP contribution in [-0.2, 0) is 16.1 Å². The summed E-state index contributed by atoms with van der Waals surface area (Å²) in [5.41, 5.74) is 5.08. The van der Waals surface area contributed by atoms with E-state index < -0.39 is 11.6 Å². The highest BCUT2D eigenvalue weighted by Crippen LogP contribution is 2.17. The summed E-state index contributed by atoms with van der Waals surface area (Å²) in [7, 11) is 0. The normalized spacial score (nSPS) is 19.7. The van der Waals surface area contributed by atoms with Gasteiger partial charge in [0.15, 0.2) is 5.82 Å². The Bertz CT molecular complexity index is 495. The maximum atomic E-state index is 12.1. The molecule has 23 heavy (non-hydrogen) atoms. The number of carbonyl (C=O) groups excluding carboxylic acids is 1. The van der Waals surface area contributed by atoms with Crippen LogP contribution in [0, 0.1) is 0 Å². The van der Waals surface area contributed by atoms with Gasteiger partial charge in [0.25, 0.3) is 0 Å². The van der Waals surface area contributed by atoms with E-state index in [2.05, 4.69) is 10.4 Å². The lowest BCUT2D eigenvalue weighted by molar-refractivity contribution is -0.118. The zero-order chi connectivity index (χ0) is 16.2. The van der Waals surface area contributed by atoms with Gasteiger partial charge in [0.1, 0.15) is 0 Å². The molecule has 7 nitrogen and oxygen atoms in total. The number of nitrogens with two attached hydrogens (primary N) is 1. The molecule has 1 amide bonds. The summed E-state index contributed by atoms with van der Waals surface area (Å²) in [6, 6.07) is 1.08. The molecule has 2 atom stereocenters. The van der Waals surface area contributed by atoms with E-state index in [0.29, 0.717) is 18.8 Å². The van der Waals surface area contributed by atoms with Gasteiger partial charge >= 0.3 is 0 Å². The molecule has 0 saturated carbocycles. The molecule has 0 aliphatic carbocycles. The van der Waals surface area contributed by atoms with Gasteiger partial charge in [-0.1, -0.05) is 0 Å².